The molecule has 3 aromatic rings. The van der Waals surface area contributed by atoms with Gasteiger partial charge in [0, 0.05) is 18.9 Å². The van der Waals surface area contributed by atoms with Crippen LogP contribution in [0.5, 0.6) is 5.75 Å². The van der Waals surface area contributed by atoms with Crippen LogP contribution in [0.2, 0.25) is 0 Å². The summed E-state index contributed by atoms with van der Waals surface area (Å²) in [6.45, 7) is 0.654. The number of halogens is 1. The molecule has 0 unspecified atom stereocenters. The molecule has 0 aliphatic heterocycles. The lowest BCUT2D eigenvalue weighted by Crippen LogP contribution is -2.25. The molecular weight excluding hydrogens is 323 g/mol. The van der Waals surface area contributed by atoms with Crippen molar-refractivity contribution >= 4 is 5.91 Å². The van der Waals surface area contributed by atoms with Crippen molar-refractivity contribution < 1.29 is 18.3 Å². The Bertz CT molecular complexity index is 816. The minimum Gasteiger partial charge on any atom is -0.486 e. The Balaban J connectivity index is 1.47. The van der Waals surface area contributed by atoms with Gasteiger partial charge in [-0.3, -0.25) is 9.78 Å². The quantitative estimate of drug-likeness (QED) is 0.716. The lowest BCUT2D eigenvalue weighted by atomic mass is 10.2. The van der Waals surface area contributed by atoms with Gasteiger partial charge in [0.2, 0.25) is 0 Å². The molecule has 0 saturated heterocycles. The summed E-state index contributed by atoms with van der Waals surface area (Å²) in [5.41, 5.74) is 1.05. The van der Waals surface area contributed by atoms with Crippen molar-refractivity contribution in [2.24, 2.45) is 0 Å². The highest BCUT2D eigenvalue weighted by atomic mass is 19.1. The number of hydrogen-bond donors (Lipinski definition) is 1. The van der Waals surface area contributed by atoms with Crippen molar-refractivity contribution in [3.63, 3.8) is 0 Å². The first-order chi connectivity index (χ1) is 12.2. The molecule has 0 radical (unpaired) electrons. The Hall–Kier alpha value is -3.15. The highest BCUT2D eigenvalue weighted by Gasteiger charge is 2.11. The third-order valence-corrected chi connectivity index (χ3v) is 3.50. The fraction of sp³-hybridized carbons (Fsp3) is 0.158. The van der Waals surface area contributed by atoms with Gasteiger partial charge in [-0.05, 0) is 54.4 Å². The van der Waals surface area contributed by atoms with E-state index in [0.29, 0.717) is 24.5 Å². The van der Waals surface area contributed by atoms with E-state index in [2.05, 4.69) is 10.3 Å². The van der Waals surface area contributed by atoms with Gasteiger partial charge in [0.25, 0.3) is 5.91 Å². The van der Waals surface area contributed by atoms with Crippen molar-refractivity contribution in [3.05, 3.63) is 83.8 Å². The molecule has 1 amide bonds. The van der Waals surface area contributed by atoms with Gasteiger partial charge in [0.15, 0.2) is 5.76 Å². The molecule has 0 saturated carbocycles. The van der Waals surface area contributed by atoms with Gasteiger partial charge < -0.3 is 14.5 Å². The minimum atomic E-state index is -0.324. The van der Waals surface area contributed by atoms with Crippen LogP contribution in [0.15, 0.2) is 65.3 Å². The number of rotatable bonds is 7. The van der Waals surface area contributed by atoms with Crippen molar-refractivity contribution in [2.45, 2.75) is 13.0 Å². The van der Waals surface area contributed by atoms with Crippen LogP contribution in [0.3, 0.4) is 0 Å². The second-order valence-corrected chi connectivity index (χ2v) is 5.38. The molecule has 128 valence electrons. The Morgan fingerprint density at radius 1 is 1.16 bits per heavy atom. The molecule has 0 bridgehead atoms. The maximum atomic E-state index is 12.8. The summed E-state index contributed by atoms with van der Waals surface area (Å²) in [6.07, 6.45) is 4.17. The average molecular weight is 340 g/mol. The number of carbonyl (C=O) groups is 1. The third kappa shape index (κ3) is 4.91. The van der Waals surface area contributed by atoms with Crippen LogP contribution < -0.4 is 10.1 Å². The summed E-state index contributed by atoms with van der Waals surface area (Å²) in [4.78, 5) is 16.1. The minimum absolute atomic E-state index is 0.161. The van der Waals surface area contributed by atoms with Gasteiger partial charge in [-0.2, -0.15) is 0 Å². The molecule has 0 atom stereocenters. The van der Waals surface area contributed by atoms with E-state index in [4.69, 9.17) is 9.15 Å². The summed E-state index contributed by atoms with van der Waals surface area (Å²) >= 11 is 0. The lowest BCUT2D eigenvalue weighted by molar-refractivity contribution is 0.0922. The second kappa shape index (κ2) is 8.10. The summed E-state index contributed by atoms with van der Waals surface area (Å²) in [5.74, 6) is 0.665. The van der Waals surface area contributed by atoms with Gasteiger partial charge in [-0.25, -0.2) is 4.39 Å². The average Bonchev–Trinajstić information content (AvgIpc) is 3.11. The predicted octanol–water partition coefficient (Wildman–Crippen LogP) is 3.37. The van der Waals surface area contributed by atoms with Gasteiger partial charge >= 0.3 is 0 Å². The third-order valence-electron chi connectivity index (χ3n) is 3.50. The SMILES string of the molecule is O=C(NCCc1cccnc1)c1ccc(COc2ccc(F)cc2)o1. The number of ether oxygens (including phenoxy) is 1. The van der Waals surface area contributed by atoms with E-state index in [1.54, 1.807) is 24.5 Å². The topological polar surface area (TPSA) is 64.4 Å². The molecule has 2 heterocycles. The van der Waals surface area contributed by atoms with E-state index in [1.165, 1.54) is 24.3 Å². The number of nitrogens with zero attached hydrogens (tertiary/aromatic N) is 1. The van der Waals surface area contributed by atoms with Crippen molar-refractivity contribution in [1.82, 2.24) is 10.3 Å². The molecular formula is C19H17FN2O3. The molecule has 0 fully saturated rings. The highest BCUT2D eigenvalue weighted by molar-refractivity contribution is 5.91. The Morgan fingerprint density at radius 3 is 2.76 bits per heavy atom. The van der Waals surface area contributed by atoms with E-state index >= 15 is 0 Å². The van der Waals surface area contributed by atoms with Crippen LogP contribution in [0.1, 0.15) is 21.9 Å². The summed E-state index contributed by atoms with van der Waals surface area (Å²) in [7, 11) is 0. The van der Waals surface area contributed by atoms with Crippen LogP contribution >= 0.6 is 0 Å². The summed E-state index contributed by atoms with van der Waals surface area (Å²) in [5, 5.41) is 2.80. The molecule has 0 spiro atoms. The fourth-order valence-corrected chi connectivity index (χ4v) is 2.22. The molecule has 3 rings (SSSR count). The molecule has 0 aliphatic carbocycles. The highest BCUT2D eigenvalue weighted by Crippen LogP contribution is 2.15. The van der Waals surface area contributed by atoms with Crippen molar-refractivity contribution in [3.8, 4) is 5.75 Å². The molecule has 25 heavy (non-hydrogen) atoms. The smallest absolute Gasteiger partial charge is 0.287 e. The first kappa shape index (κ1) is 16.7. The van der Waals surface area contributed by atoms with E-state index in [9.17, 15) is 9.18 Å². The zero-order valence-electron chi connectivity index (χ0n) is 13.4. The predicted molar refractivity (Wildman–Crippen MR) is 89.7 cm³/mol. The van der Waals surface area contributed by atoms with E-state index in [0.717, 1.165) is 5.56 Å². The van der Waals surface area contributed by atoms with Crippen LogP contribution in [0.25, 0.3) is 0 Å². The number of nitrogens with one attached hydrogen (secondary N) is 1. The zero-order chi connectivity index (χ0) is 17.5. The van der Waals surface area contributed by atoms with E-state index in [1.807, 2.05) is 12.1 Å². The van der Waals surface area contributed by atoms with Crippen molar-refractivity contribution in [2.75, 3.05) is 6.54 Å². The maximum Gasteiger partial charge on any atom is 0.287 e. The Kier molecular flexibility index (Phi) is 5.41. The number of furan rings is 1. The normalized spacial score (nSPS) is 10.4. The molecule has 5 nitrogen and oxygen atoms in total. The maximum absolute atomic E-state index is 12.8. The van der Waals surface area contributed by atoms with Gasteiger partial charge in [0.1, 0.15) is 23.9 Å². The number of benzene rings is 1. The van der Waals surface area contributed by atoms with E-state index < -0.39 is 0 Å². The summed E-state index contributed by atoms with van der Waals surface area (Å²) in [6, 6.07) is 12.8. The number of amides is 1. The Labute approximate surface area is 144 Å². The number of aromatic nitrogens is 1. The largest absolute Gasteiger partial charge is 0.486 e. The van der Waals surface area contributed by atoms with Crippen LogP contribution in [-0.4, -0.2) is 17.4 Å². The molecule has 1 aromatic carbocycles. The monoisotopic (exact) mass is 340 g/mol. The van der Waals surface area contributed by atoms with Crippen LogP contribution in [0.4, 0.5) is 4.39 Å². The van der Waals surface area contributed by atoms with Gasteiger partial charge in [-0.1, -0.05) is 6.07 Å². The van der Waals surface area contributed by atoms with Gasteiger partial charge in [-0.15, -0.1) is 0 Å². The van der Waals surface area contributed by atoms with Gasteiger partial charge in [0.05, 0.1) is 0 Å². The summed E-state index contributed by atoms with van der Waals surface area (Å²) < 4.78 is 23.8. The standard InChI is InChI=1S/C19H17FN2O3/c20-15-3-5-16(6-4-15)24-13-17-7-8-18(25-17)19(23)22-11-9-14-2-1-10-21-12-14/h1-8,10,12H,9,11,13H2,(H,22,23). The molecule has 1 N–H and O–H groups in total. The van der Waals surface area contributed by atoms with Crippen LogP contribution in [-0.2, 0) is 13.0 Å². The lowest BCUT2D eigenvalue weighted by Gasteiger charge is -2.04. The van der Waals surface area contributed by atoms with Crippen molar-refractivity contribution in [1.29, 1.82) is 0 Å². The number of carbonyl (C=O) groups excluding carboxylic acids is 1. The molecule has 6 heteroatoms. The number of hydrogen-bond acceptors (Lipinski definition) is 4. The first-order valence-corrected chi connectivity index (χ1v) is 7.85. The second-order valence-electron chi connectivity index (χ2n) is 5.38. The number of pyridine rings is 1. The fourth-order valence-electron chi connectivity index (χ4n) is 2.22. The van der Waals surface area contributed by atoms with Crippen LogP contribution in [0, 0.1) is 5.82 Å². The Morgan fingerprint density at radius 2 is 2.00 bits per heavy atom. The molecule has 0 aliphatic rings. The molecule has 2 aromatic heterocycles. The first-order valence-electron chi connectivity index (χ1n) is 7.85. The zero-order valence-corrected chi connectivity index (χ0v) is 13.4. The van der Waals surface area contributed by atoms with E-state index in [-0.39, 0.29) is 24.1 Å².